The molecule has 0 saturated carbocycles. The van der Waals surface area contributed by atoms with Crippen LogP contribution in [0, 0.1) is 0 Å². The Morgan fingerprint density at radius 1 is 1.29 bits per heavy atom. The fraction of sp³-hybridized carbons (Fsp3) is 0.818. The van der Waals surface area contributed by atoms with Crippen molar-refractivity contribution in [2.45, 2.75) is 36.7 Å². The normalized spacial score (nSPS) is 31.7. The van der Waals surface area contributed by atoms with Crippen molar-refractivity contribution in [3.63, 3.8) is 0 Å². The van der Waals surface area contributed by atoms with Gasteiger partial charge >= 0.3 is 5.97 Å². The van der Waals surface area contributed by atoms with Crippen molar-refractivity contribution in [1.29, 1.82) is 0 Å². The first-order valence-electron chi connectivity index (χ1n) is 6.22. The predicted molar refractivity (Wildman–Crippen MR) is 73.7 cm³/mol. The van der Waals surface area contributed by atoms with Gasteiger partial charge in [-0.15, -0.1) is 0 Å². The van der Waals surface area contributed by atoms with Gasteiger partial charge in [0.2, 0.25) is 5.91 Å². The van der Waals surface area contributed by atoms with Crippen LogP contribution in [0.15, 0.2) is 0 Å². The standard InChI is InChI=1S/C11H20N2O7S/c1-12-5(8-6(14)7(15)11(19)20-8)9(16)13-4(3-21-2)10(17)18/h4-8,11-12,14-15,19H,3H2,1-2H3,(H,13,16)(H,17,18)/t4-,5?,6?,7?,8?,11?/m0/s1. The molecule has 0 aromatic rings. The molecular weight excluding hydrogens is 304 g/mol. The number of carbonyl (C=O) groups is 2. The van der Waals surface area contributed by atoms with E-state index in [2.05, 4.69) is 10.6 Å². The summed E-state index contributed by atoms with van der Waals surface area (Å²) in [7, 11) is 1.42. The van der Waals surface area contributed by atoms with Gasteiger partial charge in [-0.1, -0.05) is 0 Å². The van der Waals surface area contributed by atoms with Crippen LogP contribution < -0.4 is 10.6 Å². The smallest absolute Gasteiger partial charge is 0.327 e. The number of hydrogen-bond donors (Lipinski definition) is 6. The Hall–Kier alpha value is -0.910. The Balaban J connectivity index is 2.75. The van der Waals surface area contributed by atoms with Crippen LogP contribution in [0.2, 0.25) is 0 Å². The number of carboxylic acids is 1. The van der Waals surface area contributed by atoms with Crippen molar-refractivity contribution in [3.05, 3.63) is 0 Å². The van der Waals surface area contributed by atoms with Gasteiger partial charge in [-0.05, 0) is 13.3 Å². The number of nitrogens with one attached hydrogen (secondary N) is 2. The summed E-state index contributed by atoms with van der Waals surface area (Å²) in [6.07, 6.45) is -4.08. The summed E-state index contributed by atoms with van der Waals surface area (Å²) in [5.41, 5.74) is 0. The van der Waals surface area contributed by atoms with Gasteiger partial charge in [0.05, 0.1) is 0 Å². The van der Waals surface area contributed by atoms with Crippen molar-refractivity contribution in [1.82, 2.24) is 10.6 Å². The Morgan fingerprint density at radius 2 is 1.90 bits per heavy atom. The number of thioether (sulfide) groups is 1. The van der Waals surface area contributed by atoms with Crippen molar-refractivity contribution in [2.75, 3.05) is 19.1 Å². The van der Waals surface area contributed by atoms with Gasteiger partial charge < -0.3 is 35.8 Å². The van der Waals surface area contributed by atoms with Crippen LogP contribution in [-0.2, 0) is 14.3 Å². The molecule has 1 rings (SSSR count). The van der Waals surface area contributed by atoms with Gasteiger partial charge in [0, 0.05) is 5.75 Å². The van der Waals surface area contributed by atoms with E-state index in [-0.39, 0.29) is 5.75 Å². The van der Waals surface area contributed by atoms with Crippen LogP contribution >= 0.6 is 11.8 Å². The first kappa shape index (κ1) is 18.1. The third-order valence-corrected chi connectivity index (χ3v) is 3.81. The van der Waals surface area contributed by atoms with E-state index in [0.29, 0.717) is 0 Å². The van der Waals surface area contributed by atoms with Crippen LogP contribution in [0.1, 0.15) is 0 Å². The van der Waals surface area contributed by atoms with E-state index >= 15 is 0 Å². The molecule has 6 N–H and O–H groups in total. The molecule has 122 valence electrons. The minimum Gasteiger partial charge on any atom is -0.480 e. The van der Waals surface area contributed by atoms with Crippen LogP contribution in [0.3, 0.4) is 0 Å². The van der Waals surface area contributed by atoms with E-state index in [9.17, 15) is 24.9 Å². The molecule has 10 heteroatoms. The number of aliphatic hydroxyl groups is 3. The molecule has 6 atom stereocenters. The summed E-state index contributed by atoms with van der Waals surface area (Å²) in [6.45, 7) is 0. The molecule has 0 spiro atoms. The molecule has 1 amide bonds. The number of carbonyl (C=O) groups excluding carboxylic acids is 1. The average Bonchev–Trinajstić information content (AvgIpc) is 2.67. The predicted octanol–water partition coefficient (Wildman–Crippen LogP) is -3.05. The monoisotopic (exact) mass is 324 g/mol. The summed E-state index contributed by atoms with van der Waals surface area (Å²) < 4.78 is 4.94. The third-order valence-electron chi connectivity index (χ3n) is 3.15. The third kappa shape index (κ3) is 4.28. The van der Waals surface area contributed by atoms with Gasteiger partial charge in [0.15, 0.2) is 6.29 Å². The second-order valence-corrected chi connectivity index (χ2v) is 5.50. The van der Waals surface area contributed by atoms with E-state index in [0.717, 1.165) is 0 Å². The summed E-state index contributed by atoms with van der Waals surface area (Å²) in [5.74, 6) is -1.71. The molecule has 21 heavy (non-hydrogen) atoms. The zero-order chi connectivity index (χ0) is 16.2. The highest BCUT2D eigenvalue weighted by Gasteiger charge is 2.47. The second kappa shape index (κ2) is 7.92. The van der Waals surface area contributed by atoms with E-state index < -0.39 is 48.6 Å². The number of likely N-dealkylation sites (N-methyl/N-ethyl adjacent to an activating group) is 1. The number of rotatable bonds is 7. The average molecular weight is 324 g/mol. The maximum atomic E-state index is 12.1. The number of aliphatic hydroxyl groups excluding tert-OH is 3. The number of amides is 1. The summed E-state index contributed by atoms with van der Waals surface area (Å²) in [6, 6.07) is -2.20. The number of aliphatic carboxylic acids is 1. The highest BCUT2D eigenvalue weighted by molar-refractivity contribution is 7.98. The molecule has 0 aliphatic carbocycles. The van der Waals surface area contributed by atoms with Gasteiger partial charge in [-0.2, -0.15) is 11.8 Å². The molecule has 1 aliphatic heterocycles. The molecule has 1 aliphatic rings. The first-order chi connectivity index (χ1) is 9.83. The number of hydrogen-bond acceptors (Lipinski definition) is 8. The zero-order valence-corrected chi connectivity index (χ0v) is 12.4. The minimum atomic E-state index is -1.60. The molecule has 9 nitrogen and oxygen atoms in total. The molecule has 1 saturated heterocycles. The van der Waals surface area contributed by atoms with Gasteiger partial charge in [-0.3, -0.25) is 4.79 Å². The van der Waals surface area contributed by atoms with Crippen molar-refractivity contribution >= 4 is 23.6 Å². The molecular formula is C11H20N2O7S. The van der Waals surface area contributed by atoms with Crippen molar-refractivity contribution < 1.29 is 34.8 Å². The SMILES string of the molecule is CNC(C(=O)N[C@@H](CSC)C(=O)O)C1OC(O)C(O)C1O. The van der Waals surface area contributed by atoms with Gasteiger partial charge in [0.25, 0.3) is 0 Å². The van der Waals surface area contributed by atoms with E-state index in [1.54, 1.807) is 6.26 Å². The molecule has 5 unspecified atom stereocenters. The Labute approximate surface area is 125 Å². The van der Waals surface area contributed by atoms with E-state index in [1.165, 1.54) is 18.8 Å². The van der Waals surface area contributed by atoms with Crippen LogP contribution in [-0.4, -0.2) is 88.0 Å². The fourth-order valence-corrected chi connectivity index (χ4v) is 2.57. The Morgan fingerprint density at radius 3 is 2.29 bits per heavy atom. The van der Waals surface area contributed by atoms with E-state index in [1.807, 2.05) is 0 Å². The largest absolute Gasteiger partial charge is 0.480 e. The topological polar surface area (TPSA) is 148 Å². The second-order valence-electron chi connectivity index (χ2n) is 4.59. The molecule has 0 aromatic carbocycles. The molecule has 1 heterocycles. The lowest BCUT2D eigenvalue weighted by molar-refractivity contribution is -0.147. The van der Waals surface area contributed by atoms with Crippen molar-refractivity contribution in [2.24, 2.45) is 0 Å². The summed E-state index contributed by atoms with van der Waals surface area (Å²) in [4.78, 5) is 23.1. The fourth-order valence-electron chi connectivity index (χ4n) is 2.01. The first-order valence-corrected chi connectivity index (χ1v) is 7.61. The van der Waals surface area contributed by atoms with Gasteiger partial charge in [0.1, 0.15) is 30.4 Å². The molecule has 0 aromatic heterocycles. The Bertz CT molecular complexity index is 384. The lowest BCUT2D eigenvalue weighted by atomic mass is 10.0. The molecule has 1 fully saturated rings. The summed E-state index contributed by atoms with van der Waals surface area (Å²) >= 11 is 1.26. The van der Waals surface area contributed by atoms with Crippen LogP contribution in [0.25, 0.3) is 0 Å². The van der Waals surface area contributed by atoms with Crippen LogP contribution in [0.5, 0.6) is 0 Å². The quantitative estimate of drug-likeness (QED) is 0.287. The van der Waals surface area contributed by atoms with E-state index in [4.69, 9.17) is 9.84 Å². The van der Waals surface area contributed by atoms with Crippen LogP contribution in [0.4, 0.5) is 0 Å². The zero-order valence-electron chi connectivity index (χ0n) is 11.6. The molecule has 0 bridgehead atoms. The lowest BCUT2D eigenvalue weighted by Gasteiger charge is -2.25. The molecule has 0 radical (unpaired) electrons. The Kier molecular flexibility index (Phi) is 6.84. The summed E-state index contributed by atoms with van der Waals surface area (Å²) in [5, 5.41) is 42.4. The highest BCUT2D eigenvalue weighted by atomic mass is 32.2. The minimum absolute atomic E-state index is 0.177. The highest BCUT2D eigenvalue weighted by Crippen LogP contribution is 2.22. The number of carboxylic acid groups (broad SMARTS) is 1. The maximum Gasteiger partial charge on any atom is 0.327 e. The van der Waals surface area contributed by atoms with Gasteiger partial charge in [-0.25, -0.2) is 4.79 Å². The number of ether oxygens (including phenoxy) is 1. The lowest BCUT2D eigenvalue weighted by Crippen LogP contribution is -2.57. The maximum absolute atomic E-state index is 12.1. The van der Waals surface area contributed by atoms with Crippen molar-refractivity contribution in [3.8, 4) is 0 Å².